The van der Waals surface area contributed by atoms with E-state index < -0.39 is 11.4 Å². The van der Waals surface area contributed by atoms with E-state index in [1.807, 2.05) is 31.2 Å². The summed E-state index contributed by atoms with van der Waals surface area (Å²) in [5, 5.41) is 0.286. The Morgan fingerprint density at radius 2 is 1.79 bits per heavy atom. The van der Waals surface area contributed by atoms with Gasteiger partial charge in [-0.25, -0.2) is 9.18 Å². The van der Waals surface area contributed by atoms with E-state index in [2.05, 4.69) is 0 Å². The van der Waals surface area contributed by atoms with Gasteiger partial charge in [0, 0.05) is 48.9 Å². The van der Waals surface area contributed by atoms with Crippen molar-refractivity contribution in [3.63, 3.8) is 0 Å². The van der Waals surface area contributed by atoms with Gasteiger partial charge in [0.25, 0.3) is 5.56 Å². The number of aromatic nitrogens is 1. The summed E-state index contributed by atoms with van der Waals surface area (Å²) in [6.07, 6.45) is 1.70. The zero-order chi connectivity index (χ0) is 27.0. The van der Waals surface area contributed by atoms with Crippen LogP contribution in [0.3, 0.4) is 0 Å². The number of rotatable bonds is 6. The van der Waals surface area contributed by atoms with Crippen LogP contribution in [0.1, 0.15) is 53.8 Å². The van der Waals surface area contributed by atoms with Crippen LogP contribution in [0.4, 0.5) is 4.39 Å². The zero-order valence-electron chi connectivity index (χ0n) is 21.8. The number of fused-ring (bicyclic) bond motifs is 1. The molecule has 3 heterocycles. The van der Waals surface area contributed by atoms with Crippen molar-refractivity contribution in [2.45, 2.75) is 52.5 Å². The second kappa shape index (κ2) is 10.5. The quantitative estimate of drug-likeness (QED) is 0.341. The van der Waals surface area contributed by atoms with Gasteiger partial charge in [0.1, 0.15) is 11.6 Å². The van der Waals surface area contributed by atoms with Crippen molar-refractivity contribution in [1.82, 2.24) is 4.57 Å². The predicted octanol–water partition coefficient (Wildman–Crippen LogP) is 5.45. The second-order valence-corrected chi connectivity index (χ2v) is 10.0. The fourth-order valence-corrected chi connectivity index (χ4v) is 5.53. The summed E-state index contributed by atoms with van der Waals surface area (Å²) in [6, 6.07) is 13.8. The highest BCUT2D eigenvalue weighted by molar-refractivity contribution is 5.95. The number of ketones is 1. The molecule has 0 spiro atoms. The first kappa shape index (κ1) is 25.8. The molecule has 0 unspecified atom stereocenters. The van der Waals surface area contributed by atoms with E-state index in [0.29, 0.717) is 48.4 Å². The largest absolute Gasteiger partial charge is 0.422 e. The molecule has 6 nitrogen and oxygen atoms in total. The first-order valence-corrected chi connectivity index (χ1v) is 12.9. The summed E-state index contributed by atoms with van der Waals surface area (Å²) < 4.78 is 27.9. The topological polar surface area (TPSA) is 78.5 Å². The zero-order valence-corrected chi connectivity index (χ0v) is 21.8. The molecule has 0 N–H and O–H groups in total. The number of Topliss-reactive ketones (excluding diaryl/α,β-unsaturated/α-hetero) is 1. The van der Waals surface area contributed by atoms with Gasteiger partial charge in [-0.2, -0.15) is 0 Å². The van der Waals surface area contributed by atoms with E-state index in [4.69, 9.17) is 9.15 Å². The number of ether oxygens (including phenoxy) is 1. The van der Waals surface area contributed by atoms with Gasteiger partial charge in [-0.15, -0.1) is 0 Å². The van der Waals surface area contributed by atoms with Crippen LogP contribution in [0.2, 0.25) is 0 Å². The normalized spacial score (nSPS) is 14.2. The highest BCUT2D eigenvalue weighted by Crippen LogP contribution is 2.35. The van der Waals surface area contributed by atoms with Crippen molar-refractivity contribution in [2.75, 3.05) is 13.2 Å². The molecular weight excluding hydrogens is 485 g/mol. The molecule has 1 fully saturated rings. The maximum absolute atomic E-state index is 14.7. The Kier molecular flexibility index (Phi) is 7.13. The van der Waals surface area contributed by atoms with E-state index >= 15 is 0 Å². The average Bonchev–Trinajstić information content (AvgIpc) is 2.88. The van der Waals surface area contributed by atoms with Crippen LogP contribution < -0.4 is 11.2 Å². The minimum Gasteiger partial charge on any atom is -0.422 e. The van der Waals surface area contributed by atoms with Crippen molar-refractivity contribution in [3.05, 3.63) is 103 Å². The Morgan fingerprint density at radius 3 is 2.50 bits per heavy atom. The third-order valence-electron chi connectivity index (χ3n) is 7.42. The number of carbonyl (C=O) groups is 1. The van der Waals surface area contributed by atoms with E-state index in [1.54, 1.807) is 29.7 Å². The van der Waals surface area contributed by atoms with Crippen molar-refractivity contribution in [2.24, 2.45) is 0 Å². The molecule has 7 heteroatoms. The lowest BCUT2D eigenvalue weighted by atomic mass is 9.93. The molecule has 196 valence electrons. The number of hydrogen-bond acceptors (Lipinski definition) is 5. The lowest BCUT2D eigenvalue weighted by molar-refractivity contribution is -0.116. The first-order valence-electron chi connectivity index (χ1n) is 12.9. The van der Waals surface area contributed by atoms with Crippen LogP contribution in [0.15, 0.2) is 62.5 Å². The van der Waals surface area contributed by atoms with Gasteiger partial charge in [-0.1, -0.05) is 42.5 Å². The number of hydrogen-bond donors (Lipinski definition) is 0. The summed E-state index contributed by atoms with van der Waals surface area (Å²) >= 11 is 0. The van der Waals surface area contributed by atoms with Crippen LogP contribution >= 0.6 is 0 Å². The van der Waals surface area contributed by atoms with Crippen molar-refractivity contribution < 1.29 is 18.3 Å². The minimum absolute atomic E-state index is 0.0326. The minimum atomic E-state index is -0.562. The maximum Gasteiger partial charge on any atom is 0.339 e. The molecule has 2 aromatic heterocycles. The standard InChI is InChI=1S/C31H30FNO5/c1-18(34)15-21-7-6-9-23(16-21)27-20(3)33(24-11-13-37-14-12-24)30(35)28-25(19(2)31(36)38-29(27)28)17-22-8-4-5-10-26(22)32/h4-10,16,24H,11-15,17H2,1-3H3. The fraction of sp³-hybridized carbons (Fsp3) is 0.323. The number of halogens is 1. The highest BCUT2D eigenvalue weighted by atomic mass is 19.1. The SMILES string of the molecule is CC(=O)Cc1cccc(-c2c(C)n(C3CCOCC3)c(=O)c3c(Cc4ccccc4F)c(C)c(=O)oc23)c1. The fourth-order valence-electron chi connectivity index (χ4n) is 5.53. The van der Waals surface area contributed by atoms with Crippen LogP contribution in [0.25, 0.3) is 22.1 Å². The molecule has 0 atom stereocenters. The van der Waals surface area contributed by atoms with Crippen LogP contribution in [0, 0.1) is 19.7 Å². The number of benzene rings is 2. The average molecular weight is 516 g/mol. The van der Waals surface area contributed by atoms with Crippen molar-refractivity contribution in [3.8, 4) is 11.1 Å². The second-order valence-electron chi connectivity index (χ2n) is 10.0. The Labute approximate surface area is 219 Å². The first-order chi connectivity index (χ1) is 18.3. The smallest absolute Gasteiger partial charge is 0.339 e. The Balaban J connectivity index is 1.87. The van der Waals surface area contributed by atoms with Gasteiger partial charge in [-0.05, 0) is 61.9 Å². The van der Waals surface area contributed by atoms with E-state index in [0.717, 1.165) is 11.1 Å². The van der Waals surface area contributed by atoms with Crippen LogP contribution in [-0.4, -0.2) is 23.6 Å². The molecule has 0 amide bonds. The monoisotopic (exact) mass is 515 g/mol. The summed E-state index contributed by atoms with van der Waals surface area (Å²) in [7, 11) is 0. The highest BCUT2D eigenvalue weighted by Gasteiger charge is 2.27. The van der Waals surface area contributed by atoms with Crippen molar-refractivity contribution >= 4 is 16.8 Å². The molecule has 0 saturated carbocycles. The van der Waals surface area contributed by atoms with Gasteiger partial charge in [0.05, 0.1) is 5.39 Å². The van der Waals surface area contributed by atoms with E-state index in [-0.39, 0.29) is 46.8 Å². The van der Waals surface area contributed by atoms with Crippen molar-refractivity contribution in [1.29, 1.82) is 0 Å². The maximum atomic E-state index is 14.7. The molecule has 1 aliphatic rings. The van der Waals surface area contributed by atoms with Gasteiger partial charge < -0.3 is 13.7 Å². The Hall–Kier alpha value is -3.84. The van der Waals surface area contributed by atoms with E-state index in [1.165, 1.54) is 13.0 Å². The molecule has 1 saturated heterocycles. The van der Waals surface area contributed by atoms with E-state index in [9.17, 15) is 18.8 Å². The third kappa shape index (κ3) is 4.74. The summed E-state index contributed by atoms with van der Waals surface area (Å²) in [5.74, 6) is -0.368. The predicted molar refractivity (Wildman–Crippen MR) is 144 cm³/mol. The van der Waals surface area contributed by atoms with Gasteiger partial charge in [-0.3, -0.25) is 9.59 Å². The Morgan fingerprint density at radius 1 is 1.05 bits per heavy atom. The van der Waals surface area contributed by atoms with Gasteiger partial charge >= 0.3 is 5.63 Å². The molecule has 0 radical (unpaired) electrons. The number of nitrogens with zero attached hydrogens (tertiary/aromatic N) is 1. The lowest BCUT2D eigenvalue weighted by Gasteiger charge is -2.28. The Bertz CT molecular complexity index is 1660. The molecule has 4 aromatic rings. The molecule has 5 rings (SSSR count). The molecule has 1 aliphatic heterocycles. The van der Waals surface area contributed by atoms with Gasteiger partial charge in [0.2, 0.25) is 0 Å². The summed E-state index contributed by atoms with van der Waals surface area (Å²) in [6.45, 7) is 6.10. The summed E-state index contributed by atoms with van der Waals surface area (Å²) in [5.41, 5.74) is 3.40. The van der Waals surface area contributed by atoms with Gasteiger partial charge in [0.15, 0.2) is 5.58 Å². The summed E-state index contributed by atoms with van der Waals surface area (Å²) in [4.78, 5) is 39.2. The molecular formula is C31H30FNO5. The van der Waals surface area contributed by atoms with Crippen LogP contribution in [-0.2, 0) is 22.4 Å². The van der Waals surface area contributed by atoms with Crippen LogP contribution in [0.5, 0.6) is 0 Å². The molecule has 2 aromatic carbocycles. The number of carbonyl (C=O) groups excluding carboxylic acids is 1. The molecule has 0 aliphatic carbocycles. The lowest BCUT2D eigenvalue weighted by Crippen LogP contribution is -2.32. The third-order valence-corrected chi connectivity index (χ3v) is 7.42. The molecule has 0 bridgehead atoms. The number of pyridine rings is 1. The molecule has 38 heavy (non-hydrogen) atoms.